The minimum Gasteiger partial charge on any atom is -0.302 e. The van der Waals surface area contributed by atoms with Gasteiger partial charge in [-0.25, -0.2) is 14.6 Å². The average molecular weight is 458 g/mol. The van der Waals surface area contributed by atoms with Crippen LogP contribution in [0.25, 0.3) is 17.2 Å². The summed E-state index contributed by atoms with van der Waals surface area (Å²) in [6.07, 6.45) is -1.99. The van der Waals surface area contributed by atoms with Crippen LogP contribution in [0.5, 0.6) is 0 Å². The summed E-state index contributed by atoms with van der Waals surface area (Å²) >= 11 is 1.29. The molecule has 0 fully saturated rings. The molecular formula is C21H17F3N6OS. The molecule has 4 rings (SSSR count). The lowest BCUT2D eigenvalue weighted by Gasteiger charge is -2.08. The van der Waals surface area contributed by atoms with Crippen LogP contribution in [0, 0.1) is 13.8 Å². The number of nitrogens with zero attached hydrogens (tertiary/aromatic N) is 5. The maximum atomic E-state index is 12.8. The van der Waals surface area contributed by atoms with E-state index in [4.69, 9.17) is 0 Å². The molecule has 0 saturated heterocycles. The largest absolute Gasteiger partial charge is 0.417 e. The van der Waals surface area contributed by atoms with Crippen LogP contribution in [-0.2, 0) is 17.4 Å². The summed E-state index contributed by atoms with van der Waals surface area (Å²) in [6.45, 7) is 3.48. The minimum absolute atomic E-state index is 0.0385. The number of carbonyl (C=O) groups is 1. The van der Waals surface area contributed by atoms with Crippen molar-refractivity contribution in [3.63, 3.8) is 0 Å². The van der Waals surface area contributed by atoms with Crippen LogP contribution in [0.15, 0.2) is 48.1 Å². The highest BCUT2D eigenvalue weighted by Crippen LogP contribution is 2.29. The summed E-state index contributed by atoms with van der Waals surface area (Å²) in [5, 5.41) is 9.37. The third kappa shape index (κ3) is 4.52. The molecule has 0 radical (unpaired) electrons. The molecule has 0 unspecified atom stereocenters. The lowest BCUT2D eigenvalue weighted by molar-refractivity contribution is -0.137. The van der Waals surface area contributed by atoms with Crippen molar-refractivity contribution in [3.8, 4) is 17.2 Å². The maximum Gasteiger partial charge on any atom is 0.417 e. The van der Waals surface area contributed by atoms with Crippen LogP contribution in [0.1, 0.15) is 22.5 Å². The maximum absolute atomic E-state index is 12.8. The van der Waals surface area contributed by atoms with Gasteiger partial charge < -0.3 is 5.32 Å². The fourth-order valence-corrected chi connectivity index (χ4v) is 3.84. The van der Waals surface area contributed by atoms with Crippen LogP contribution in [0.3, 0.4) is 0 Å². The van der Waals surface area contributed by atoms with Crippen molar-refractivity contribution in [2.45, 2.75) is 26.4 Å². The highest BCUT2D eigenvalue weighted by atomic mass is 32.1. The molecule has 4 aromatic heterocycles. The molecule has 0 aromatic carbocycles. The topological polar surface area (TPSA) is 85.6 Å². The van der Waals surface area contributed by atoms with Crippen LogP contribution in [-0.4, -0.2) is 30.6 Å². The minimum atomic E-state index is -4.46. The Kier molecular flexibility index (Phi) is 5.74. The van der Waals surface area contributed by atoms with E-state index < -0.39 is 11.7 Å². The smallest absolute Gasteiger partial charge is 0.302 e. The molecule has 0 bridgehead atoms. The Balaban J connectivity index is 1.49. The number of amides is 1. The first kappa shape index (κ1) is 21.6. The van der Waals surface area contributed by atoms with Crippen molar-refractivity contribution in [2.75, 3.05) is 5.32 Å². The van der Waals surface area contributed by atoms with Gasteiger partial charge in [-0.3, -0.25) is 9.78 Å². The van der Waals surface area contributed by atoms with Crippen molar-refractivity contribution in [1.82, 2.24) is 24.7 Å². The third-order valence-electron chi connectivity index (χ3n) is 4.75. The zero-order valence-corrected chi connectivity index (χ0v) is 17.8. The average Bonchev–Trinajstić information content (AvgIpc) is 3.34. The second-order valence-corrected chi connectivity index (χ2v) is 7.80. The summed E-state index contributed by atoms with van der Waals surface area (Å²) in [7, 11) is 0. The predicted octanol–water partition coefficient (Wildman–Crippen LogP) is 4.60. The lowest BCUT2D eigenvalue weighted by atomic mass is 10.1. The molecule has 0 aliphatic heterocycles. The van der Waals surface area contributed by atoms with Crippen LogP contribution >= 0.6 is 11.3 Å². The number of aromatic nitrogens is 5. The van der Waals surface area contributed by atoms with Crippen molar-refractivity contribution >= 4 is 22.4 Å². The van der Waals surface area contributed by atoms with Gasteiger partial charge in [-0.2, -0.15) is 18.3 Å². The highest BCUT2D eigenvalue weighted by molar-refractivity contribution is 7.14. The lowest BCUT2D eigenvalue weighted by Crippen LogP contribution is -2.15. The fraction of sp³-hybridized carbons (Fsp3) is 0.190. The number of halogens is 3. The molecular weight excluding hydrogens is 441 g/mol. The first-order valence-corrected chi connectivity index (χ1v) is 10.4. The van der Waals surface area contributed by atoms with Crippen LogP contribution in [0.4, 0.5) is 18.3 Å². The van der Waals surface area contributed by atoms with Crippen molar-refractivity contribution in [3.05, 3.63) is 70.6 Å². The van der Waals surface area contributed by atoms with E-state index in [2.05, 4.69) is 25.4 Å². The van der Waals surface area contributed by atoms with Gasteiger partial charge in [0.1, 0.15) is 5.69 Å². The van der Waals surface area contributed by atoms with Gasteiger partial charge in [-0.1, -0.05) is 6.07 Å². The van der Waals surface area contributed by atoms with Gasteiger partial charge in [0.2, 0.25) is 5.91 Å². The third-order valence-corrected chi connectivity index (χ3v) is 5.51. The number of aryl methyl sites for hydroxylation is 1. The molecule has 0 aliphatic rings. The molecule has 1 amide bonds. The van der Waals surface area contributed by atoms with E-state index in [9.17, 15) is 18.0 Å². The van der Waals surface area contributed by atoms with Gasteiger partial charge in [0, 0.05) is 29.0 Å². The Morgan fingerprint density at radius 1 is 1.12 bits per heavy atom. The summed E-state index contributed by atoms with van der Waals surface area (Å²) in [5.74, 6) is -0.0387. The molecule has 7 nitrogen and oxygen atoms in total. The number of hydrogen-bond donors (Lipinski definition) is 1. The quantitative estimate of drug-likeness (QED) is 0.472. The van der Waals surface area contributed by atoms with E-state index in [1.165, 1.54) is 22.1 Å². The second-order valence-electron chi connectivity index (χ2n) is 6.94. The second kappa shape index (κ2) is 8.50. The number of nitrogens with one attached hydrogen (secondary N) is 1. The van der Waals surface area contributed by atoms with Gasteiger partial charge in [0.15, 0.2) is 10.9 Å². The van der Waals surface area contributed by atoms with E-state index in [0.717, 1.165) is 12.3 Å². The number of pyridine rings is 2. The van der Waals surface area contributed by atoms with Gasteiger partial charge in [0.05, 0.1) is 23.4 Å². The molecule has 4 aromatic rings. The summed E-state index contributed by atoms with van der Waals surface area (Å²) in [4.78, 5) is 25.1. The van der Waals surface area contributed by atoms with Gasteiger partial charge in [0.25, 0.3) is 0 Å². The highest BCUT2D eigenvalue weighted by Gasteiger charge is 2.31. The first-order chi connectivity index (χ1) is 15.2. The number of rotatable bonds is 5. The number of alkyl halides is 3. The Morgan fingerprint density at radius 2 is 1.94 bits per heavy atom. The number of carbonyl (C=O) groups excluding carboxylic acids is 1. The zero-order chi connectivity index (χ0) is 22.9. The van der Waals surface area contributed by atoms with Gasteiger partial charge >= 0.3 is 6.18 Å². The molecule has 0 saturated carbocycles. The van der Waals surface area contributed by atoms with Crippen LogP contribution in [0.2, 0.25) is 0 Å². The Hall–Kier alpha value is -3.60. The molecule has 164 valence electrons. The first-order valence-electron chi connectivity index (χ1n) is 9.48. The van der Waals surface area contributed by atoms with E-state index in [-0.39, 0.29) is 18.1 Å². The van der Waals surface area contributed by atoms with Gasteiger partial charge in [-0.05, 0) is 38.1 Å². The van der Waals surface area contributed by atoms with Crippen LogP contribution < -0.4 is 5.32 Å². The fourth-order valence-electron chi connectivity index (χ4n) is 3.12. The predicted molar refractivity (Wildman–Crippen MR) is 114 cm³/mol. The number of anilines is 1. The molecule has 32 heavy (non-hydrogen) atoms. The van der Waals surface area contributed by atoms with Crippen molar-refractivity contribution in [2.24, 2.45) is 0 Å². The Morgan fingerprint density at radius 3 is 2.59 bits per heavy atom. The molecule has 0 aliphatic carbocycles. The summed E-state index contributed by atoms with van der Waals surface area (Å²) in [6, 6.07) is 7.70. The summed E-state index contributed by atoms with van der Waals surface area (Å²) in [5.41, 5.74) is 2.42. The van der Waals surface area contributed by atoms with E-state index >= 15 is 0 Å². The summed E-state index contributed by atoms with van der Waals surface area (Å²) < 4.78 is 39.8. The standard InChI is InChI=1S/C21H17F3N6OS/c1-12-15(13(2)30(29-12)18-7-6-14(10-26-18)21(22,23)24)9-19(31)28-20-27-17(11-32-20)16-5-3-4-8-25-16/h3-8,10-11H,9H2,1-2H3,(H,27,28,31). The molecule has 0 spiro atoms. The zero-order valence-electron chi connectivity index (χ0n) is 17.0. The van der Waals surface area contributed by atoms with Crippen molar-refractivity contribution in [1.29, 1.82) is 0 Å². The Bertz CT molecular complexity index is 1250. The Labute approximate surface area is 185 Å². The van der Waals surface area contributed by atoms with E-state index in [1.54, 1.807) is 20.0 Å². The molecule has 4 heterocycles. The molecule has 0 atom stereocenters. The normalized spacial score (nSPS) is 11.5. The SMILES string of the molecule is Cc1nn(-c2ccc(C(F)(F)F)cn2)c(C)c1CC(=O)Nc1nc(-c2ccccn2)cs1. The monoisotopic (exact) mass is 458 g/mol. The number of thiazole rings is 1. The van der Waals surface area contributed by atoms with Gasteiger partial charge in [-0.15, -0.1) is 11.3 Å². The number of hydrogen-bond acceptors (Lipinski definition) is 6. The van der Waals surface area contributed by atoms with E-state index in [0.29, 0.717) is 33.5 Å². The van der Waals surface area contributed by atoms with E-state index in [1.807, 2.05) is 23.6 Å². The molecule has 11 heteroatoms. The molecule has 1 N–H and O–H groups in total. The van der Waals surface area contributed by atoms with Crippen molar-refractivity contribution < 1.29 is 18.0 Å².